The van der Waals surface area contributed by atoms with Gasteiger partial charge in [0.2, 0.25) is 5.79 Å². The lowest BCUT2D eigenvalue weighted by atomic mass is 9.86. The molecular formula is C13H23N7O4. The zero-order valence-electron chi connectivity index (χ0n) is 13.3. The lowest BCUT2D eigenvalue weighted by Gasteiger charge is -2.49. The Morgan fingerprint density at radius 2 is 2.17 bits per heavy atom. The van der Waals surface area contributed by atoms with Gasteiger partial charge in [-0.25, -0.2) is 14.8 Å². The van der Waals surface area contributed by atoms with Crippen molar-refractivity contribution in [2.45, 2.75) is 55.8 Å². The fourth-order valence-electron chi connectivity index (χ4n) is 4.04. The number of nitrogens with two attached hydrogens (primary N) is 3. The fourth-order valence-corrected chi connectivity index (χ4v) is 4.04. The molecule has 1 spiro atoms. The van der Waals surface area contributed by atoms with Gasteiger partial charge in [0, 0.05) is 12.5 Å². The minimum Gasteiger partial charge on any atom is -0.447 e. The Labute approximate surface area is 138 Å². The third kappa shape index (κ3) is 2.15. The molecule has 0 radical (unpaired) electrons. The molecule has 0 aromatic rings. The van der Waals surface area contributed by atoms with Crippen LogP contribution in [0.15, 0.2) is 9.98 Å². The van der Waals surface area contributed by atoms with Crippen LogP contribution in [0.5, 0.6) is 0 Å². The fraction of sp³-hybridized carbons (Fsp3) is 0.769. The first-order valence-corrected chi connectivity index (χ1v) is 7.84. The van der Waals surface area contributed by atoms with Crippen molar-refractivity contribution in [3.8, 4) is 0 Å². The Bertz CT molecular complexity index is 607. The van der Waals surface area contributed by atoms with E-state index in [1.54, 1.807) is 4.90 Å². The standard InChI is InChI=1S/C13H23N7O4/c1-2-3-6-4-12(22,23)13-8(18-9(14)19-13)7(5-24-11(16)21)17-10(15)20(6)13/h6-8,22-23H,2-5H2,1H3,(H2,15,17)(H2,16,21)(H3,14,18,19)/t6?,7-,8-,13-/m0/s1. The number of amides is 1. The first-order valence-electron chi connectivity index (χ1n) is 7.84. The van der Waals surface area contributed by atoms with Gasteiger partial charge in [0.1, 0.15) is 18.7 Å². The third-order valence-corrected chi connectivity index (χ3v) is 4.83. The SMILES string of the molecule is CCCC1CC(O)(O)[C@]23NC(N)=N[C@H]2[C@H](COC(N)=O)N=C(N)N13. The van der Waals surface area contributed by atoms with Gasteiger partial charge in [0.25, 0.3) is 0 Å². The lowest BCUT2D eigenvalue weighted by Crippen LogP contribution is -2.77. The second kappa shape index (κ2) is 5.38. The largest absolute Gasteiger partial charge is 0.447 e. The molecule has 4 atom stereocenters. The summed E-state index contributed by atoms with van der Waals surface area (Å²) in [5, 5.41) is 24.4. The van der Waals surface area contributed by atoms with Crippen LogP contribution in [0, 0.1) is 0 Å². The quantitative estimate of drug-likeness (QED) is 0.298. The van der Waals surface area contributed by atoms with Crippen LogP contribution in [-0.4, -0.2) is 69.3 Å². The van der Waals surface area contributed by atoms with Crippen LogP contribution >= 0.6 is 0 Å². The molecule has 0 aromatic carbocycles. The summed E-state index contributed by atoms with van der Waals surface area (Å²) >= 11 is 0. The van der Waals surface area contributed by atoms with Gasteiger partial charge in [-0.15, -0.1) is 0 Å². The van der Waals surface area contributed by atoms with E-state index in [2.05, 4.69) is 15.3 Å². The van der Waals surface area contributed by atoms with Crippen LogP contribution in [0.1, 0.15) is 26.2 Å². The first kappa shape index (κ1) is 16.6. The molecular weight excluding hydrogens is 318 g/mol. The number of carbonyl (C=O) groups excluding carboxylic acids is 1. The van der Waals surface area contributed by atoms with Crippen LogP contribution in [0.3, 0.4) is 0 Å². The number of nitrogens with one attached hydrogen (secondary N) is 1. The maximum absolute atomic E-state index is 10.9. The summed E-state index contributed by atoms with van der Waals surface area (Å²) in [6.07, 6.45) is 0.623. The van der Waals surface area contributed by atoms with Crippen LogP contribution in [0.4, 0.5) is 4.79 Å². The molecule has 3 aliphatic rings. The molecule has 1 amide bonds. The van der Waals surface area contributed by atoms with Crippen LogP contribution in [-0.2, 0) is 4.74 Å². The maximum Gasteiger partial charge on any atom is 0.404 e. The Hall–Kier alpha value is -2.27. The van der Waals surface area contributed by atoms with Crippen molar-refractivity contribution >= 4 is 18.0 Å². The Balaban J connectivity index is 2.04. The van der Waals surface area contributed by atoms with E-state index < -0.39 is 29.6 Å². The van der Waals surface area contributed by atoms with Gasteiger partial charge < -0.3 is 42.4 Å². The summed E-state index contributed by atoms with van der Waals surface area (Å²) in [7, 11) is 0. The topological polar surface area (TPSA) is 185 Å². The summed E-state index contributed by atoms with van der Waals surface area (Å²) in [6, 6.07) is -1.76. The molecule has 134 valence electrons. The normalized spacial score (nSPS) is 36.3. The van der Waals surface area contributed by atoms with Gasteiger partial charge >= 0.3 is 6.09 Å². The van der Waals surface area contributed by atoms with E-state index in [4.69, 9.17) is 21.9 Å². The predicted molar refractivity (Wildman–Crippen MR) is 84.5 cm³/mol. The number of aliphatic hydroxyl groups is 2. The Morgan fingerprint density at radius 3 is 2.79 bits per heavy atom. The minimum atomic E-state index is -2.15. The highest BCUT2D eigenvalue weighted by atomic mass is 16.5. The van der Waals surface area contributed by atoms with E-state index >= 15 is 0 Å². The summed E-state index contributed by atoms with van der Waals surface area (Å²) in [4.78, 5) is 21.1. The van der Waals surface area contributed by atoms with Crippen LogP contribution in [0.2, 0.25) is 0 Å². The number of hydrogen-bond donors (Lipinski definition) is 6. The minimum absolute atomic E-state index is 0.0450. The number of nitrogens with zero attached hydrogens (tertiary/aromatic N) is 3. The van der Waals surface area contributed by atoms with Crippen molar-refractivity contribution in [1.29, 1.82) is 0 Å². The second-order valence-corrected chi connectivity index (χ2v) is 6.37. The molecule has 1 unspecified atom stereocenters. The molecule has 0 bridgehead atoms. The van der Waals surface area contributed by atoms with Crippen molar-refractivity contribution < 1.29 is 19.7 Å². The highest BCUT2D eigenvalue weighted by Crippen LogP contribution is 2.48. The number of aliphatic imine (C=N–C) groups is 2. The average Bonchev–Trinajstić information content (AvgIpc) is 2.92. The van der Waals surface area contributed by atoms with E-state index in [0.29, 0.717) is 6.42 Å². The summed E-state index contributed by atoms with van der Waals surface area (Å²) in [6.45, 7) is 1.80. The third-order valence-electron chi connectivity index (χ3n) is 4.83. The van der Waals surface area contributed by atoms with Crippen LogP contribution in [0.25, 0.3) is 0 Å². The molecule has 24 heavy (non-hydrogen) atoms. The van der Waals surface area contributed by atoms with Gasteiger partial charge in [0.05, 0.1) is 0 Å². The van der Waals surface area contributed by atoms with Crippen molar-refractivity contribution in [2.24, 2.45) is 27.2 Å². The highest BCUT2D eigenvalue weighted by Gasteiger charge is 2.71. The lowest BCUT2D eigenvalue weighted by molar-refractivity contribution is -0.221. The molecule has 1 saturated heterocycles. The van der Waals surface area contributed by atoms with Crippen molar-refractivity contribution in [2.75, 3.05) is 6.61 Å². The Morgan fingerprint density at radius 1 is 1.46 bits per heavy atom. The van der Waals surface area contributed by atoms with E-state index in [-0.39, 0.29) is 31.0 Å². The number of guanidine groups is 2. The zero-order valence-corrected chi connectivity index (χ0v) is 13.3. The summed E-state index contributed by atoms with van der Waals surface area (Å²) in [5.74, 6) is -1.98. The summed E-state index contributed by atoms with van der Waals surface area (Å²) < 4.78 is 4.82. The molecule has 11 heteroatoms. The van der Waals surface area contributed by atoms with Gasteiger partial charge in [-0.3, -0.25) is 0 Å². The number of primary amides is 1. The van der Waals surface area contributed by atoms with Crippen molar-refractivity contribution in [3.05, 3.63) is 0 Å². The monoisotopic (exact) mass is 341 g/mol. The average molecular weight is 341 g/mol. The van der Waals surface area contributed by atoms with E-state index in [0.717, 1.165) is 6.42 Å². The molecule has 0 aliphatic carbocycles. The number of hydrogen-bond acceptors (Lipinski definition) is 10. The molecule has 3 rings (SSSR count). The molecule has 0 aromatic heterocycles. The number of ether oxygens (including phenoxy) is 1. The van der Waals surface area contributed by atoms with E-state index in [1.807, 2.05) is 6.92 Å². The number of rotatable bonds is 4. The van der Waals surface area contributed by atoms with Crippen molar-refractivity contribution in [3.63, 3.8) is 0 Å². The smallest absolute Gasteiger partial charge is 0.404 e. The molecule has 0 saturated carbocycles. The van der Waals surface area contributed by atoms with Crippen LogP contribution < -0.4 is 22.5 Å². The summed E-state index contributed by atoms with van der Waals surface area (Å²) in [5.41, 5.74) is 15.5. The second-order valence-electron chi connectivity index (χ2n) is 6.37. The van der Waals surface area contributed by atoms with Crippen molar-refractivity contribution in [1.82, 2.24) is 10.2 Å². The molecule has 1 fully saturated rings. The first-order chi connectivity index (χ1) is 11.2. The zero-order chi connectivity index (χ0) is 17.7. The molecule has 3 heterocycles. The van der Waals surface area contributed by atoms with Gasteiger partial charge in [-0.05, 0) is 6.42 Å². The number of carbonyl (C=O) groups is 1. The Kier molecular flexibility index (Phi) is 3.72. The maximum atomic E-state index is 10.9. The molecule has 11 nitrogen and oxygen atoms in total. The van der Waals surface area contributed by atoms with E-state index in [1.165, 1.54) is 0 Å². The molecule has 9 N–H and O–H groups in total. The van der Waals surface area contributed by atoms with Gasteiger partial charge in [-0.2, -0.15) is 0 Å². The predicted octanol–water partition coefficient (Wildman–Crippen LogP) is -2.68. The van der Waals surface area contributed by atoms with E-state index in [9.17, 15) is 15.0 Å². The highest BCUT2D eigenvalue weighted by molar-refractivity contribution is 5.87. The van der Waals surface area contributed by atoms with Gasteiger partial charge in [-0.1, -0.05) is 13.3 Å². The molecule has 3 aliphatic heterocycles. The van der Waals surface area contributed by atoms with Gasteiger partial charge in [0.15, 0.2) is 17.6 Å².